The maximum Gasteiger partial charge on any atom is 0.268 e. The van der Waals surface area contributed by atoms with Crippen LogP contribution in [0.1, 0.15) is 34.6 Å². The molecule has 0 N–H and O–H groups in total. The molecular formula is C23H21ClN2OS. The first-order chi connectivity index (χ1) is 13.5. The first kappa shape index (κ1) is 18.9. The van der Waals surface area contributed by atoms with Crippen molar-refractivity contribution in [2.24, 2.45) is 0 Å². The lowest BCUT2D eigenvalue weighted by molar-refractivity contribution is 0.0992. The van der Waals surface area contributed by atoms with Gasteiger partial charge in [-0.15, -0.1) is 11.3 Å². The molecule has 0 unspecified atom stereocenters. The van der Waals surface area contributed by atoms with E-state index in [0.29, 0.717) is 16.6 Å². The molecule has 0 saturated carbocycles. The number of aromatic nitrogens is 1. The minimum Gasteiger partial charge on any atom is -0.308 e. The van der Waals surface area contributed by atoms with Crippen molar-refractivity contribution < 1.29 is 4.79 Å². The van der Waals surface area contributed by atoms with Crippen molar-refractivity contribution in [2.75, 3.05) is 11.4 Å². The largest absolute Gasteiger partial charge is 0.308 e. The molecule has 0 aliphatic heterocycles. The minimum atomic E-state index is -0.00943. The van der Waals surface area contributed by atoms with Crippen LogP contribution in [0.25, 0.3) is 21.0 Å². The van der Waals surface area contributed by atoms with Crippen LogP contribution in [-0.4, -0.2) is 17.4 Å². The van der Waals surface area contributed by atoms with Crippen LogP contribution in [0.5, 0.6) is 0 Å². The maximum absolute atomic E-state index is 13.3. The van der Waals surface area contributed by atoms with Crippen molar-refractivity contribution in [1.82, 2.24) is 4.98 Å². The van der Waals surface area contributed by atoms with Crippen LogP contribution in [0, 0.1) is 6.92 Å². The molecule has 0 aliphatic rings. The third-order valence-corrected chi connectivity index (χ3v) is 6.44. The zero-order chi connectivity index (χ0) is 19.8. The quantitative estimate of drug-likeness (QED) is 0.354. The summed E-state index contributed by atoms with van der Waals surface area (Å²) >= 11 is 7.92. The Bertz CT molecular complexity index is 1180. The number of fused-ring (bicyclic) bond motifs is 3. The van der Waals surface area contributed by atoms with Crippen LogP contribution in [0.3, 0.4) is 0 Å². The van der Waals surface area contributed by atoms with Gasteiger partial charge in [0.1, 0.15) is 5.15 Å². The number of hydrogen-bond donors (Lipinski definition) is 0. The van der Waals surface area contributed by atoms with Gasteiger partial charge in [-0.1, -0.05) is 42.3 Å². The number of amides is 1. The second kappa shape index (κ2) is 7.53. The molecule has 4 aromatic rings. The van der Waals surface area contributed by atoms with Gasteiger partial charge in [-0.3, -0.25) is 4.79 Å². The lowest BCUT2D eigenvalue weighted by Crippen LogP contribution is -2.29. The number of benzene rings is 2. The Hall–Kier alpha value is -2.43. The van der Waals surface area contributed by atoms with Crippen LogP contribution in [0.4, 0.5) is 5.69 Å². The van der Waals surface area contributed by atoms with Gasteiger partial charge in [0.15, 0.2) is 0 Å². The summed E-state index contributed by atoms with van der Waals surface area (Å²) < 4.78 is 1.01. The fraction of sp³-hybridized carbons (Fsp3) is 0.217. The summed E-state index contributed by atoms with van der Waals surface area (Å²) in [5, 5.41) is 2.32. The Morgan fingerprint density at radius 1 is 1.07 bits per heavy atom. The second-order valence-corrected chi connectivity index (χ2v) is 8.26. The SMILES string of the molecule is CCc1ccc(N(CC)C(=O)c2cc3c(Cl)nc4ccc(C)cc4c3s2)cc1. The third-order valence-electron chi connectivity index (χ3n) is 5.00. The maximum atomic E-state index is 13.3. The molecule has 28 heavy (non-hydrogen) atoms. The fourth-order valence-electron chi connectivity index (χ4n) is 3.43. The number of aryl methyl sites for hydroxylation is 2. The van der Waals surface area contributed by atoms with E-state index in [4.69, 9.17) is 11.6 Å². The standard InChI is InChI=1S/C23H21ClN2OS/c1-4-15-7-9-16(10-8-15)26(5-2)23(27)20-13-18-21(28-20)17-12-14(3)6-11-19(17)25-22(18)24/h6-13H,4-5H2,1-3H3. The smallest absolute Gasteiger partial charge is 0.268 e. The van der Waals surface area contributed by atoms with Gasteiger partial charge in [0.25, 0.3) is 5.91 Å². The number of halogens is 1. The first-order valence-electron chi connectivity index (χ1n) is 9.42. The predicted molar refractivity (Wildman–Crippen MR) is 120 cm³/mol. The zero-order valence-electron chi connectivity index (χ0n) is 16.1. The molecular weight excluding hydrogens is 388 g/mol. The van der Waals surface area contributed by atoms with E-state index in [9.17, 15) is 4.79 Å². The molecule has 0 fully saturated rings. The highest BCUT2D eigenvalue weighted by molar-refractivity contribution is 7.22. The number of carbonyl (C=O) groups excluding carboxylic acids is 1. The van der Waals surface area contributed by atoms with E-state index in [-0.39, 0.29) is 5.91 Å². The van der Waals surface area contributed by atoms with E-state index in [2.05, 4.69) is 37.0 Å². The van der Waals surface area contributed by atoms with Gasteiger partial charge in [-0.2, -0.15) is 0 Å². The summed E-state index contributed by atoms with van der Waals surface area (Å²) in [4.78, 5) is 20.3. The first-order valence-corrected chi connectivity index (χ1v) is 10.6. The second-order valence-electron chi connectivity index (χ2n) is 6.85. The third kappa shape index (κ3) is 3.27. The molecule has 2 aromatic carbocycles. The van der Waals surface area contributed by atoms with Crippen LogP contribution in [-0.2, 0) is 6.42 Å². The number of pyridine rings is 1. The van der Waals surface area contributed by atoms with E-state index in [1.54, 1.807) is 4.90 Å². The molecule has 5 heteroatoms. The van der Waals surface area contributed by atoms with E-state index < -0.39 is 0 Å². The number of carbonyl (C=O) groups is 1. The van der Waals surface area contributed by atoms with Gasteiger partial charge < -0.3 is 4.90 Å². The molecule has 4 rings (SSSR count). The van der Waals surface area contributed by atoms with Crippen molar-refractivity contribution in [3.63, 3.8) is 0 Å². The van der Waals surface area contributed by atoms with Gasteiger partial charge >= 0.3 is 0 Å². The van der Waals surface area contributed by atoms with Crippen molar-refractivity contribution in [1.29, 1.82) is 0 Å². The lowest BCUT2D eigenvalue weighted by Gasteiger charge is -2.20. The molecule has 2 aromatic heterocycles. The number of nitrogens with zero attached hydrogens (tertiary/aromatic N) is 2. The molecule has 0 aliphatic carbocycles. The normalized spacial score (nSPS) is 11.3. The summed E-state index contributed by atoms with van der Waals surface area (Å²) in [6.45, 7) is 6.77. The fourth-order valence-corrected chi connectivity index (χ4v) is 4.86. The van der Waals surface area contributed by atoms with Gasteiger partial charge in [-0.05, 0) is 56.2 Å². The Balaban J connectivity index is 1.80. The highest BCUT2D eigenvalue weighted by Gasteiger charge is 2.21. The molecule has 3 nitrogen and oxygen atoms in total. The molecule has 0 saturated heterocycles. The topological polar surface area (TPSA) is 33.2 Å². The van der Waals surface area contributed by atoms with E-state index in [1.807, 2.05) is 37.3 Å². The Kier molecular flexibility index (Phi) is 5.09. The van der Waals surface area contributed by atoms with Crippen molar-refractivity contribution in [3.05, 3.63) is 69.7 Å². The van der Waals surface area contributed by atoms with Crippen LogP contribution in [0.15, 0.2) is 48.5 Å². The molecule has 0 bridgehead atoms. The number of rotatable bonds is 4. The number of anilines is 1. The summed E-state index contributed by atoms with van der Waals surface area (Å²) in [5.74, 6) is -0.00943. The van der Waals surface area contributed by atoms with Gasteiger partial charge in [0.05, 0.1) is 10.4 Å². The van der Waals surface area contributed by atoms with Crippen LogP contribution >= 0.6 is 22.9 Å². The van der Waals surface area contributed by atoms with Gasteiger partial charge in [-0.25, -0.2) is 4.98 Å². The highest BCUT2D eigenvalue weighted by Crippen LogP contribution is 2.37. The predicted octanol–water partition coefficient (Wildman–Crippen LogP) is 6.64. The Morgan fingerprint density at radius 2 is 1.82 bits per heavy atom. The summed E-state index contributed by atoms with van der Waals surface area (Å²) in [7, 11) is 0. The van der Waals surface area contributed by atoms with Crippen LogP contribution < -0.4 is 4.90 Å². The van der Waals surface area contributed by atoms with E-state index >= 15 is 0 Å². The van der Waals surface area contributed by atoms with Crippen molar-refractivity contribution in [2.45, 2.75) is 27.2 Å². The van der Waals surface area contributed by atoms with Gasteiger partial charge in [0, 0.05) is 27.7 Å². The van der Waals surface area contributed by atoms with Crippen molar-refractivity contribution >= 4 is 55.5 Å². The summed E-state index contributed by atoms with van der Waals surface area (Å²) in [5.41, 5.74) is 4.18. The van der Waals surface area contributed by atoms with E-state index in [1.165, 1.54) is 16.9 Å². The number of thiophene rings is 1. The van der Waals surface area contributed by atoms with E-state index in [0.717, 1.165) is 38.7 Å². The lowest BCUT2D eigenvalue weighted by atomic mass is 10.1. The molecule has 0 atom stereocenters. The molecule has 142 valence electrons. The van der Waals surface area contributed by atoms with Gasteiger partial charge in [0.2, 0.25) is 0 Å². The highest BCUT2D eigenvalue weighted by atomic mass is 35.5. The summed E-state index contributed by atoms with van der Waals surface area (Å²) in [6.07, 6.45) is 0.981. The van der Waals surface area contributed by atoms with Crippen LogP contribution in [0.2, 0.25) is 5.15 Å². The average molecular weight is 409 g/mol. The molecule has 0 spiro atoms. The number of hydrogen-bond acceptors (Lipinski definition) is 3. The molecule has 2 heterocycles. The summed E-state index contributed by atoms with van der Waals surface area (Å²) in [6, 6.07) is 16.2. The zero-order valence-corrected chi connectivity index (χ0v) is 17.7. The monoisotopic (exact) mass is 408 g/mol. The Labute approximate surface area is 173 Å². The Morgan fingerprint density at radius 3 is 2.50 bits per heavy atom. The average Bonchev–Trinajstić information content (AvgIpc) is 3.16. The minimum absolute atomic E-state index is 0.00943. The molecule has 0 radical (unpaired) electrons. The van der Waals surface area contributed by atoms with Crippen molar-refractivity contribution in [3.8, 4) is 0 Å². The molecule has 1 amide bonds.